The molecule has 0 saturated carbocycles. The fraction of sp³-hybridized carbons (Fsp3) is 0.923. The van der Waals surface area contributed by atoms with E-state index in [0.717, 1.165) is 18.8 Å². The lowest BCUT2D eigenvalue weighted by atomic mass is 10.1. The van der Waals surface area contributed by atoms with Crippen molar-refractivity contribution in [3.8, 4) is 0 Å². The molecule has 0 atom stereocenters. The fourth-order valence-electron chi connectivity index (χ4n) is 1.37. The van der Waals surface area contributed by atoms with Crippen molar-refractivity contribution in [2.45, 2.75) is 72.6 Å². The van der Waals surface area contributed by atoms with Gasteiger partial charge in [0.1, 0.15) is 0 Å². The minimum atomic E-state index is 0.821. The Morgan fingerprint density at radius 2 is 1.47 bits per heavy atom. The molecular weight excluding hydrogens is 184 g/mol. The monoisotopic (exact) mass is 214 g/mol. The summed E-state index contributed by atoms with van der Waals surface area (Å²) < 4.78 is 0. The van der Waals surface area contributed by atoms with Crippen LogP contribution in [0.3, 0.4) is 0 Å². The molecule has 92 valence electrons. The van der Waals surface area contributed by atoms with Crippen LogP contribution in [0, 0.1) is 0 Å². The van der Waals surface area contributed by atoms with E-state index >= 15 is 0 Å². The Labute approximate surface area is 96.4 Å². The van der Waals surface area contributed by atoms with Gasteiger partial charge in [-0.3, -0.25) is 4.99 Å². The van der Waals surface area contributed by atoms with E-state index in [9.17, 15) is 0 Å². The molecule has 2 N–H and O–H groups in total. The SMILES string of the molecule is CC.CCCCCCCCC(N)=NCC. The molecule has 0 aliphatic carbocycles. The third-order valence-corrected chi connectivity index (χ3v) is 2.15. The summed E-state index contributed by atoms with van der Waals surface area (Å²) in [5.74, 6) is 0.831. The van der Waals surface area contributed by atoms with E-state index in [1.165, 1.54) is 38.5 Å². The second kappa shape index (κ2) is 15.9. The average molecular weight is 214 g/mol. The van der Waals surface area contributed by atoms with Crippen LogP contribution in [-0.2, 0) is 0 Å². The van der Waals surface area contributed by atoms with Crippen LogP contribution in [0.5, 0.6) is 0 Å². The first kappa shape index (κ1) is 16.9. The molecule has 2 nitrogen and oxygen atoms in total. The highest BCUT2D eigenvalue weighted by Gasteiger charge is 1.92. The van der Waals surface area contributed by atoms with Crippen LogP contribution >= 0.6 is 0 Å². The van der Waals surface area contributed by atoms with Crippen LogP contribution in [0.15, 0.2) is 4.99 Å². The highest BCUT2D eigenvalue weighted by atomic mass is 14.8. The highest BCUT2D eigenvalue weighted by molar-refractivity contribution is 5.80. The summed E-state index contributed by atoms with van der Waals surface area (Å²) in [6, 6.07) is 0. The van der Waals surface area contributed by atoms with Gasteiger partial charge >= 0.3 is 0 Å². The van der Waals surface area contributed by atoms with Crippen LogP contribution in [0.2, 0.25) is 0 Å². The average Bonchev–Trinajstić information content (AvgIpc) is 2.26. The molecule has 0 heterocycles. The minimum Gasteiger partial charge on any atom is -0.387 e. The summed E-state index contributed by atoms with van der Waals surface area (Å²) in [7, 11) is 0. The number of aliphatic imine (C=N–C) groups is 1. The summed E-state index contributed by atoms with van der Waals surface area (Å²) in [6.45, 7) is 9.08. The Morgan fingerprint density at radius 1 is 0.933 bits per heavy atom. The Kier molecular flexibility index (Phi) is 17.9. The van der Waals surface area contributed by atoms with Crippen molar-refractivity contribution in [2.24, 2.45) is 10.7 Å². The van der Waals surface area contributed by atoms with Crippen molar-refractivity contribution in [1.82, 2.24) is 0 Å². The molecule has 0 saturated heterocycles. The largest absolute Gasteiger partial charge is 0.387 e. The van der Waals surface area contributed by atoms with Crippen molar-refractivity contribution in [1.29, 1.82) is 0 Å². The molecule has 0 aromatic rings. The lowest BCUT2D eigenvalue weighted by Crippen LogP contribution is -2.11. The maximum atomic E-state index is 5.68. The van der Waals surface area contributed by atoms with Crippen LogP contribution in [0.1, 0.15) is 72.6 Å². The topological polar surface area (TPSA) is 38.4 Å². The van der Waals surface area contributed by atoms with Gasteiger partial charge in [-0.25, -0.2) is 0 Å². The quantitative estimate of drug-likeness (QED) is 0.368. The van der Waals surface area contributed by atoms with Crippen LogP contribution in [0.25, 0.3) is 0 Å². The van der Waals surface area contributed by atoms with Gasteiger partial charge in [-0.05, 0) is 13.3 Å². The van der Waals surface area contributed by atoms with Crippen molar-refractivity contribution in [2.75, 3.05) is 6.54 Å². The molecule has 0 radical (unpaired) electrons. The smallest absolute Gasteiger partial charge is 0.0936 e. The zero-order valence-electron chi connectivity index (χ0n) is 11.2. The van der Waals surface area contributed by atoms with E-state index in [2.05, 4.69) is 11.9 Å². The van der Waals surface area contributed by atoms with E-state index < -0.39 is 0 Å². The maximum absolute atomic E-state index is 5.68. The molecule has 0 unspecified atom stereocenters. The molecular formula is C13H30N2. The Bertz CT molecular complexity index is 130. The molecule has 0 aliphatic heterocycles. The number of rotatable bonds is 8. The van der Waals surface area contributed by atoms with Crippen molar-refractivity contribution < 1.29 is 0 Å². The first-order chi connectivity index (χ1) is 7.31. The first-order valence-electron chi connectivity index (χ1n) is 6.60. The lowest BCUT2D eigenvalue weighted by molar-refractivity contribution is 0.615. The second-order valence-corrected chi connectivity index (χ2v) is 3.48. The Morgan fingerprint density at radius 3 is 2.00 bits per heavy atom. The number of amidine groups is 1. The summed E-state index contributed by atoms with van der Waals surface area (Å²) in [5, 5.41) is 0. The van der Waals surface area contributed by atoms with E-state index in [1.54, 1.807) is 0 Å². The number of nitrogens with two attached hydrogens (primary N) is 1. The minimum absolute atomic E-state index is 0.821. The number of nitrogens with zero attached hydrogens (tertiary/aromatic N) is 1. The second-order valence-electron chi connectivity index (χ2n) is 3.48. The number of hydrogen-bond acceptors (Lipinski definition) is 1. The van der Waals surface area contributed by atoms with Gasteiger partial charge in [0.25, 0.3) is 0 Å². The molecule has 0 amide bonds. The van der Waals surface area contributed by atoms with E-state index in [1.807, 2.05) is 20.8 Å². The van der Waals surface area contributed by atoms with Gasteiger partial charge in [-0.2, -0.15) is 0 Å². The van der Waals surface area contributed by atoms with Gasteiger partial charge in [-0.1, -0.05) is 52.9 Å². The zero-order valence-corrected chi connectivity index (χ0v) is 11.2. The van der Waals surface area contributed by atoms with Gasteiger partial charge in [-0.15, -0.1) is 0 Å². The van der Waals surface area contributed by atoms with Crippen LogP contribution < -0.4 is 5.73 Å². The van der Waals surface area contributed by atoms with Crippen LogP contribution in [-0.4, -0.2) is 12.4 Å². The molecule has 0 fully saturated rings. The third-order valence-electron chi connectivity index (χ3n) is 2.15. The predicted molar refractivity (Wildman–Crippen MR) is 71.5 cm³/mol. The predicted octanol–water partition coefficient (Wildman–Crippen LogP) is 4.14. The molecule has 0 aromatic carbocycles. The Hall–Kier alpha value is -0.530. The molecule has 0 spiro atoms. The Balaban J connectivity index is 0. The molecule has 15 heavy (non-hydrogen) atoms. The maximum Gasteiger partial charge on any atom is 0.0936 e. The van der Waals surface area contributed by atoms with Gasteiger partial charge in [0.2, 0.25) is 0 Å². The van der Waals surface area contributed by atoms with E-state index in [4.69, 9.17) is 5.73 Å². The molecule has 0 aromatic heterocycles. The highest BCUT2D eigenvalue weighted by Crippen LogP contribution is 2.06. The van der Waals surface area contributed by atoms with E-state index in [-0.39, 0.29) is 0 Å². The summed E-state index contributed by atoms with van der Waals surface area (Å²) in [5.41, 5.74) is 5.68. The van der Waals surface area contributed by atoms with Crippen molar-refractivity contribution in [3.63, 3.8) is 0 Å². The molecule has 2 heteroatoms. The normalized spacial score (nSPS) is 10.8. The van der Waals surface area contributed by atoms with Gasteiger partial charge < -0.3 is 5.73 Å². The third kappa shape index (κ3) is 16.2. The molecule has 0 aliphatic rings. The van der Waals surface area contributed by atoms with Gasteiger partial charge in [0.15, 0.2) is 0 Å². The summed E-state index contributed by atoms with van der Waals surface area (Å²) in [6.07, 6.45) is 8.92. The van der Waals surface area contributed by atoms with E-state index in [0.29, 0.717) is 0 Å². The lowest BCUT2D eigenvalue weighted by Gasteiger charge is -2.00. The van der Waals surface area contributed by atoms with Crippen LogP contribution in [0.4, 0.5) is 0 Å². The zero-order chi connectivity index (χ0) is 11.9. The molecule has 0 bridgehead atoms. The van der Waals surface area contributed by atoms with Crippen molar-refractivity contribution >= 4 is 5.84 Å². The van der Waals surface area contributed by atoms with Gasteiger partial charge in [0.05, 0.1) is 5.84 Å². The van der Waals surface area contributed by atoms with Crippen molar-refractivity contribution in [3.05, 3.63) is 0 Å². The number of hydrogen-bond donors (Lipinski definition) is 1. The van der Waals surface area contributed by atoms with Gasteiger partial charge in [0, 0.05) is 13.0 Å². The number of unbranched alkanes of at least 4 members (excludes halogenated alkanes) is 5. The first-order valence-corrected chi connectivity index (χ1v) is 6.60. The summed E-state index contributed by atoms with van der Waals surface area (Å²) in [4.78, 5) is 4.15. The molecule has 0 rings (SSSR count). The standard InChI is InChI=1S/C11H24N2.C2H6/c1-3-5-6-7-8-9-10-11(12)13-4-2;1-2/h3-10H2,1-2H3,(H2,12,13);1-2H3. The fourth-order valence-corrected chi connectivity index (χ4v) is 1.37. The summed E-state index contributed by atoms with van der Waals surface area (Å²) >= 11 is 0.